The van der Waals surface area contributed by atoms with E-state index in [1.807, 2.05) is 36.4 Å². The standard InChI is InChI=1S/C28H36N8O5/c37-25(22-4-2-1-3-5-22)30-10-14-38-16-17-39-15-11-31-26-33-27(35-28(34-26)36-12-8-29-9-13-36)32-19-21-6-7-23-24(18-21)41-20-40-23/h1-7,18,29H,8-17,19-20H2,(H,30,37)(H2,31,32,33,34,35). The van der Waals surface area contributed by atoms with Gasteiger partial charge in [0.1, 0.15) is 0 Å². The number of carbonyl (C=O) groups is 1. The van der Waals surface area contributed by atoms with Crippen LogP contribution in [-0.2, 0) is 16.0 Å². The summed E-state index contributed by atoms with van der Waals surface area (Å²) in [5, 5.41) is 12.7. The number of hydrogen-bond donors (Lipinski definition) is 4. The van der Waals surface area contributed by atoms with Crippen LogP contribution in [0.2, 0.25) is 0 Å². The summed E-state index contributed by atoms with van der Waals surface area (Å²) in [7, 11) is 0. The van der Waals surface area contributed by atoms with Crippen LogP contribution in [0.15, 0.2) is 48.5 Å². The van der Waals surface area contributed by atoms with Crippen LogP contribution in [0.1, 0.15) is 15.9 Å². The molecule has 5 rings (SSSR count). The van der Waals surface area contributed by atoms with Crippen molar-refractivity contribution in [1.29, 1.82) is 0 Å². The highest BCUT2D eigenvalue weighted by molar-refractivity contribution is 5.94. The van der Waals surface area contributed by atoms with Gasteiger partial charge in [-0.1, -0.05) is 24.3 Å². The predicted molar refractivity (Wildman–Crippen MR) is 154 cm³/mol. The highest BCUT2D eigenvalue weighted by Crippen LogP contribution is 2.32. The van der Waals surface area contributed by atoms with Gasteiger partial charge < -0.3 is 45.1 Å². The van der Waals surface area contributed by atoms with Gasteiger partial charge in [0.2, 0.25) is 24.6 Å². The number of nitrogens with zero attached hydrogens (tertiary/aromatic N) is 4. The molecule has 4 N–H and O–H groups in total. The molecule has 13 nitrogen and oxygen atoms in total. The fraction of sp³-hybridized carbons (Fsp3) is 0.429. The molecular weight excluding hydrogens is 528 g/mol. The molecule has 1 fully saturated rings. The monoisotopic (exact) mass is 564 g/mol. The van der Waals surface area contributed by atoms with Crippen LogP contribution in [0.25, 0.3) is 0 Å². The van der Waals surface area contributed by atoms with Crippen LogP contribution >= 0.6 is 0 Å². The van der Waals surface area contributed by atoms with Crippen molar-refractivity contribution in [3.8, 4) is 11.5 Å². The van der Waals surface area contributed by atoms with Crippen LogP contribution in [0, 0.1) is 0 Å². The van der Waals surface area contributed by atoms with E-state index < -0.39 is 0 Å². The number of aromatic nitrogens is 3. The van der Waals surface area contributed by atoms with E-state index >= 15 is 0 Å². The lowest BCUT2D eigenvalue weighted by Gasteiger charge is -2.27. The Hall–Kier alpha value is -4.20. The minimum absolute atomic E-state index is 0.110. The number of fused-ring (bicyclic) bond motifs is 1. The van der Waals surface area contributed by atoms with Crippen molar-refractivity contribution < 1.29 is 23.7 Å². The highest BCUT2D eigenvalue weighted by atomic mass is 16.7. The normalized spacial score (nSPS) is 14.1. The summed E-state index contributed by atoms with van der Waals surface area (Å²) < 4.78 is 22.1. The van der Waals surface area contributed by atoms with E-state index in [1.165, 1.54) is 0 Å². The minimum atomic E-state index is -0.110. The molecule has 2 aliphatic rings. The number of piperazine rings is 1. The van der Waals surface area contributed by atoms with Gasteiger partial charge in [0.05, 0.1) is 26.4 Å². The molecular formula is C28H36N8O5. The van der Waals surface area contributed by atoms with Crippen LogP contribution in [0.3, 0.4) is 0 Å². The number of amides is 1. The summed E-state index contributed by atoms with van der Waals surface area (Å²) in [6, 6.07) is 14.9. The molecule has 3 aromatic rings. The fourth-order valence-corrected chi connectivity index (χ4v) is 4.25. The number of hydrogen-bond acceptors (Lipinski definition) is 12. The van der Waals surface area contributed by atoms with Gasteiger partial charge in [-0.3, -0.25) is 4.79 Å². The fourth-order valence-electron chi connectivity index (χ4n) is 4.25. The minimum Gasteiger partial charge on any atom is -0.454 e. The van der Waals surface area contributed by atoms with E-state index in [9.17, 15) is 4.79 Å². The quantitative estimate of drug-likeness (QED) is 0.199. The smallest absolute Gasteiger partial charge is 0.251 e. The summed E-state index contributed by atoms with van der Waals surface area (Å²) in [4.78, 5) is 28.0. The molecule has 0 saturated carbocycles. The Morgan fingerprint density at radius 1 is 0.854 bits per heavy atom. The molecule has 0 spiro atoms. The summed E-state index contributed by atoms with van der Waals surface area (Å²) >= 11 is 0. The summed E-state index contributed by atoms with van der Waals surface area (Å²) in [5.41, 5.74) is 1.66. The molecule has 41 heavy (non-hydrogen) atoms. The van der Waals surface area contributed by atoms with Crippen LogP contribution < -0.4 is 35.6 Å². The maximum absolute atomic E-state index is 12.0. The third-order valence-corrected chi connectivity index (χ3v) is 6.38. The van der Waals surface area contributed by atoms with Crippen molar-refractivity contribution in [2.45, 2.75) is 6.54 Å². The first-order valence-corrected chi connectivity index (χ1v) is 13.8. The van der Waals surface area contributed by atoms with E-state index in [1.54, 1.807) is 12.1 Å². The number of nitrogens with one attached hydrogen (secondary N) is 4. The zero-order chi connectivity index (χ0) is 28.1. The Kier molecular flexibility index (Phi) is 10.4. The molecule has 0 aliphatic carbocycles. The lowest BCUT2D eigenvalue weighted by molar-refractivity contribution is 0.0519. The zero-order valence-electron chi connectivity index (χ0n) is 22.9. The number of ether oxygens (including phenoxy) is 4. The van der Waals surface area contributed by atoms with Gasteiger partial charge in [-0.15, -0.1) is 0 Å². The molecule has 0 unspecified atom stereocenters. The molecule has 2 aromatic carbocycles. The Morgan fingerprint density at radius 2 is 1.59 bits per heavy atom. The Morgan fingerprint density at radius 3 is 2.39 bits per heavy atom. The van der Waals surface area contributed by atoms with E-state index in [2.05, 4.69) is 41.1 Å². The van der Waals surface area contributed by atoms with Gasteiger partial charge in [0.25, 0.3) is 5.91 Å². The average Bonchev–Trinajstić information content (AvgIpc) is 3.50. The molecule has 0 atom stereocenters. The van der Waals surface area contributed by atoms with Gasteiger partial charge in [0, 0.05) is 51.4 Å². The molecule has 0 bridgehead atoms. The first-order valence-electron chi connectivity index (χ1n) is 13.8. The van der Waals surface area contributed by atoms with Crippen LogP contribution in [0.4, 0.5) is 17.8 Å². The van der Waals surface area contributed by atoms with E-state index in [0.29, 0.717) is 69.5 Å². The second-order valence-electron chi connectivity index (χ2n) is 9.33. The third-order valence-electron chi connectivity index (χ3n) is 6.38. The summed E-state index contributed by atoms with van der Waals surface area (Å²) in [6.07, 6.45) is 0. The maximum atomic E-state index is 12.0. The number of benzene rings is 2. The largest absolute Gasteiger partial charge is 0.454 e. The molecule has 1 amide bonds. The van der Waals surface area contributed by atoms with Crippen molar-refractivity contribution in [2.24, 2.45) is 0 Å². The highest BCUT2D eigenvalue weighted by Gasteiger charge is 2.17. The van der Waals surface area contributed by atoms with Crippen molar-refractivity contribution in [2.75, 3.05) is 88.0 Å². The molecule has 0 radical (unpaired) electrons. The molecule has 1 saturated heterocycles. The molecule has 218 valence electrons. The summed E-state index contributed by atoms with van der Waals surface area (Å²) in [6.45, 7) is 6.91. The molecule has 1 aromatic heterocycles. The van der Waals surface area contributed by atoms with Gasteiger partial charge in [-0.25, -0.2) is 0 Å². The first-order chi connectivity index (χ1) is 20.2. The van der Waals surface area contributed by atoms with Gasteiger partial charge in [0.15, 0.2) is 11.5 Å². The van der Waals surface area contributed by atoms with Crippen molar-refractivity contribution in [3.05, 3.63) is 59.7 Å². The second-order valence-corrected chi connectivity index (χ2v) is 9.33. The van der Waals surface area contributed by atoms with Crippen molar-refractivity contribution >= 4 is 23.8 Å². The number of carbonyl (C=O) groups excluding carboxylic acids is 1. The predicted octanol–water partition coefficient (Wildman–Crippen LogP) is 1.50. The van der Waals surface area contributed by atoms with Crippen molar-refractivity contribution in [3.63, 3.8) is 0 Å². The Balaban J connectivity index is 1.03. The number of rotatable bonds is 15. The van der Waals surface area contributed by atoms with Crippen LogP contribution in [-0.4, -0.2) is 93.3 Å². The Bertz CT molecular complexity index is 1260. The number of anilines is 3. The second kappa shape index (κ2) is 15.0. The molecule has 2 aliphatic heterocycles. The van der Waals surface area contributed by atoms with Crippen LogP contribution in [0.5, 0.6) is 11.5 Å². The molecule has 13 heteroatoms. The summed E-state index contributed by atoms with van der Waals surface area (Å²) in [5.74, 6) is 2.98. The van der Waals surface area contributed by atoms with E-state index in [-0.39, 0.29) is 12.7 Å². The maximum Gasteiger partial charge on any atom is 0.251 e. The lowest BCUT2D eigenvalue weighted by atomic mass is 10.2. The SMILES string of the molecule is O=C(NCCOCCOCCNc1nc(NCc2ccc3c(c2)OCO3)nc(N2CCNCC2)n1)c1ccccc1. The molecule has 3 heterocycles. The van der Waals surface area contributed by atoms with E-state index in [4.69, 9.17) is 18.9 Å². The van der Waals surface area contributed by atoms with Gasteiger partial charge in [-0.05, 0) is 29.8 Å². The Labute approximate surface area is 239 Å². The lowest BCUT2D eigenvalue weighted by Crippen LogP contribution is -2.44. The van der Waals surface area contributed by atoms with Gasteiger partial charge >= 0.3 is 0 Å². The topological polar surface area (TPSA) is 144 Å². The first kappa shape index (κ1) is 28.3. The van der Waals surface area contributed by atoms with Crippen molar-refractivity contribution in [1.82, 2.24) is 25.6 Å². The van der Waals surface area contributed by atoms with Gasteiger partial charge in [-0.2, -0.15) is 15.0 Å². The zero-order valence-corrected chi connectivity index (χ0v) is 22.9. The van der Waals surface area contributed by atoms with E-state index in [0.717, 1.165) is 43.2 Å². The third kappa shape index (κ3) is 8.64. The average molecular weight is 565 g/mol.